The Morgan fingerprint density at radius 3 is 2.55 bits per heavy atom. The number of halogens is 1. The third kappa shape index (κ3) is 5.00. The summed E-state index contributed by atoms with van der Waals surface area (Å²) in [6.45, 7) is 3.69. The van der Waals surface area contributed by atoms with E-state index in [1.54, 1.807) is 19.1 Å². The van der Waals surface area contributed by atoms with Gasteiger partial charge >= 0.3 is 5.97 Å². The zero-order valence-corrected chi connectivity index (χ0v) is 20.0. The monoisotopic (exact) mass is 492 g/mol. The molecule has 0 unspecified atom stereocenters. The second kappa shape index (κ2) is 9.32. The molecular formula is C23H25ClN2O6S. The van der Waals surface area contributed by atoms with Crippen LogP contribution in [0.2, 0.25) is 5.02 Å². The topological polar surface area (TPSA) is 102 Å². The molecule has 0 spiro atoms. The highest BCUT2D eigenvalue weighted by molar-refractivity contribution is 7.90. The molecule has 0 atom stereocenters. The molecule has 10 heteroatoms. The number of carbonyl (C=O) groups is 2. The van der Waals surface area contributed by atoms with Crippen LogP contribution in [0.3, 0.4) is 0 Å². The van der Waals surface area contributed by atoms with Crippen molar-refractivity contribution >= 4 is 39.0 Å². The lowest BCUT2D eigenvalue weighted by Crippen LogP contribution is -2.36. The van der Waals surface area contributed by atoms with Gasteiger partial charge in [-0.15, -0.1) is 0 Å². The first-order valence-electron chi connectivity index (χ1n) is 10.7. The largest absolute Gasteiger partial charge is 0.465 e. The minimum Gasteiger partial charge on any atom is -0.465 e. The fourth-order valence-electron chi connectivity index (χ4n) is 4.19. The van der Waals surface area contributed by atoms with Crippen LogP contribution in [0, 0.1) is 6.92 Å². The quantitative estimate of drug-likeness (QED) is 0.645. The number of hydrogen-bond acceptors (Lipinski definition) is 7. The van der Waals surface area contributed by atoms with Gasteiger partial charge in [0.15, 0.2) is 9.84 Å². The first-order chi connectivity index (χ1) is 15.7. The summed E-state index contributed by atoms with van der Waals surface area (Å²) in [6.07, 6.45) is 3.33. The predicted octanol–water partition coefficient (Wildman–Crippen LogP) is 3.94. The van der Waals surface area contributed by atoms with Crippen LogP contribution in [-0.4, -0.2) is 51.9 Å². The molecule has 2 aromatic carbocycles. The lowest BCUT2D eigenvalue weighted by molar-refractivity contribution is -0.117. The number of rotatable bonds is 4. The van der Waals surface area contributed by atoms with Crippen molar-refractivity contribution < 1.29 is 27.5 Å². The van der Waals surface area contributed by atoms with E-state index in [1.807, 2.05) is 0 Å². The molecule has 0 saturated carbocycles. The molecule has 1 amide bonds. The van der Waals surface area contributed by atoms with Crippen molar-refractivity contribution in [3.63, 3.8) is 0 Å². The number of nitrogens with zero attached hydrogens (tertiary/aromatic N) is 1. The Kier molecular flexibility index (Phi) is 6.65. The van der Waals surface area contributed by atoms with Gasteiger partial charge in [0.25, 0.3) is 0 Å². The van der Waals surface area contributed by atoms with Crippen LogP contribution in [0.1, 0.15) is 40.7 Å². The summed E-state index contributed by atoms with van der Waals surface area (Å²) in [6, 6.07) is 5.87. The van der Waals surface area contributed by atoms with Crippen molar-refractivity contribution in [2.45, 2.75) is 36.8 Å². The average molecular weight is 493 g/mol. The van der Waals surface area contributed by atoms with Gasteiger partial charge < -0.3 is 14.8 Å². The number of benzene rings is 2. The van der Waals surface area contributed by atoms with Crippen molar-refractivity contribution in [2.24, 2.45) is 0 Å². The van der Waals surface area contributed by atoms with Crippen LogP contribution in [0.4, 0.5) is 5.69 Å². The number of hydrogen-bond donors (Lipinski definition) is 1. The van der Waals surface area contributed by atoms with Crippen LogP contribution in [0.15, 0.2) is 29.2 Å². The molecule has 0 bridgehead atoms. The van der Waals surface area contributed by atoms with Crippen LogP contribution in [0.25, 0.3) is 0 Å². The van der Waals surface area contributed by atoms with E-state index in [9.17, 15) is 18.0 Å². The molecule has 0 aliphatic carbocycles. The number of carbonyl (C=O) groups excluding carboxylic acids is 2. The molecule has 33 heavy (non-hydrogen) atoms. The molecule has 2 aromatic rings. The van der Waals surface area contributed by atoms with Crippen molar-refractivity contribution in [3.8, 4) is 11.5 Å². The number of methoxy groups -OCH3 is 1. The van der Waals surface area contributed by atoms with E-state index in [2.05, 4.69) is 10.2 Å². The van der Waals surface area contributed by atoms with Gasteiger partial charge in [-0.05, 0) is 62.7 Å². The van der Waals surface area contributed by atoms with Gasteiger partial charge in [-0.3, -0.25) is 9.69 Å². The zero-order valence-electron chi connectivity index (χ0n) is 18.4. The molecule has 4 rings (SSSR count). The predicted molar refractivity (Wildman–Crippen MR) is 124 cm³/mol. The minimum absolute atomic E-state index is 0.106. The van der Waals surface area contributed by atoms with Crippen LogP contribution in [0.5, 0.6) is 11.5 Å². The van der Waals surface area contributed by atoms with E-state index in [0.717, 1.165) is 25.9 Å². The Hall–Kier alpha value is -2.62. The zero-order chi connectivity index (χ0) is 23.8. The van der Waals surface area contributed by atoms with Crippen molar-refractivity contribution in [1.29, 1.82) is 0 Å². The second-order valence-electron chi connectivity index (χ2n) is 8.30. The lowest BCUT2D eigenvalue weighted by Gasteiger charge is -2.25. The standard InChI is InChI=1S/C23H25ClN2O6S/c1-14-8-15(23(28)31-2)10-19-21(14)32-22-16(13-33(19,29)30)9-17(11-18(22)24)25-20(27)12-26-6-4-3-5-7-26/h8-11H,3-7,12-13H2,1-2H3,(H,25,27). The summed E-state index contributed by atoms with van der Waals surface area (Å²) in [7, 11) is -2.65. The average Bonchev–Trinajstić information content (AvgIpc) is 2.87. The van der Waals surface area contributed by atoms with Gasteiger partial charge in [-0.1, -0.05) is 18.0 Å². The Balaban J connectivity index is 1.65. The van der Waals surface area contributed by atoms with E-state index in [1.165, 1.54) is 25.7 Å². The molecule has 1 fully saturated rings. The van der Waals surface area contributed by atoms with Gasteiger partial charge in [0.2, 0.25) is 5.91 Å². The van der Waals surface area contributed by atoms with Crippen LogP contribution < -0.4 is 10.1 Å². The number of fused-ring (bicyclic) bond motifs is 2. The highest BCUT2D eigenvalue weighted by Gasteiger charge is 2.31. The smallest absolute Gasteiger partial charge is 0.337 e. The van der Waals surface area contributed by atoms with Gasteiger partial charge in [-0.2, -0.15) is 0 Å². The Bertz CT molecular complexity index is 1220. The molecule has 2 aliphatic rings. The normalized spacial score (nSPS) is 17.2. The van der Waals surface area contributed by atoms with E-state index in [4.69, 9.17) is 21.1 Å². The third-order valence-electron chi connectivity index (χ3n) is 5.77. The molecule has 176 valence electrons. The number of aryl methyl sites for hydroxylation is 1. The van der Waals surface area contributed by atoms with Crippen molar-refractivity contribution in [3.05, 3.63) is 46.0 Å². The summed E-state index contributed by atoms with van der Waals surface area (Å²) in [4.78, 5) is 26.5. The highest BCUT2D eigenvalue weighted by Crippen LogP contribution is 2.44. The fraction of sp³-hybridized carbons (Fsp3) is 0.391. The summed E-state index contributed by atoms with van der Waals surface area (Å²) < 4.78 is 37.1. The first-order valence-corrected chi connectivity index (χ1v) is 12.7. The first kappa shape index (κ1) is 23.5. The van der Waals surface area contributed by atoms with Gasteiger partial charge in [0, 0.05) is 11.3 Å². The number of amides is 1. The van der Waals surface area contributed by atoms with Crippen LogP contribution >= 0.6 is 11.6 Å². The Morgan fingerprint density at radius 2 is 1.85 bits per heavy atom. The molecule has 2 aliphatic heterocycles. The van der Waals surface area contributed by atoms with Gasteiger partial charge in [-0.25, -0.2) is 13.2 Å². The van der Waals surface area contributed by atoms with Crippen LogP contribution in [-0.2, 0) is 25.1 Å². The molecule has 8 nitrogen and oxygen atoms in total. The summed E-state index contributed by atoms with van der Waals surface area (Å²) in [5, 5.41) is 3.00. The Morgan fingerprint density at radius 1 is 1.12 bits per heavy atom. The number of nitrogens with one attached hydrogen (secondary N) is 1. The van der Waals surface area contributed by atoms with E-state index in [0.29, 0.717) is 16.8 Å². The maximum Gasteiger partial charge on any atom is 0.337 e. The Labute approximate surface area is 197 Å². The number of esters is 1. The van der Waals surface area contributed by atoms with Gasteiger partial charge in [0.05, 0.1) is 30.0 Å². The summed E-state index contributed by atoms with van der Waals surface area (Å²) in [5.41, 5.74) is 1.30. The number of ether oxygens (including phenoxy) is 2. The number of anilines is 1. The SMILES string of the molecule is COC(=O)c1cc(C)c2c(c1)S(=O)(=O)Cc1cc(NC(=O)CN3CCCCC3)cc(Cl)c1O2. The van der Waals surface area contributed by atoms with E-state index >= 15 is 0 Å². The third-order valence-corrected chi connectivity index (χ3v) is 7.71. The minimum atomic E-state index is -3.88. The molecule has 1 saturated heterocycles. The second-order valence-corrected chi connectivity index (χ2v) is 10.7. The molecule has 2 heterocycles. The number of likely N-dealkylation sites (tertiary alicyclic amines) is 1. The maximum atomic E-state index is 13.2. The number of piperidine rings is 1. The molecule has 0 aromatic heterocycles. The van der Waals surface area contributed by atoms with Crippen molar-refractivity contribution in [1.82, 2.24) is 4.90 Å². The molecule has 1 N–H and O–H groups in total. The highest BCUT2D eigenvalue weighted by atomic mass is 35.5. The van der Waals surface area contributed by atoms with Crippen molar-refractivity contribution in [2.75, 3.05) is 32.1 Å². The fourth-order valence-corrected chi connectivity index (χ4v) is 6.04. The van der Waals surface area contributed by atoms with E-state index < -0.39 is 21.6 Å². The summed E-state index contributed by atoms with van der Waals surface area (Å²) >= 11 is 6.46. The maximum absolute atomic E-state index is 13.2. The van der Waals surface area contributed by atoms with E-state index in [-0.39, 0.29) is 39.4 Å². The number of sulfone groups is 1. The summed E-state index contributed by atoms with van der Waals surface area (Å²) in [5.74, 6) is -0.900. The lowest BCUT2D eigenvalue weighted by atomic mass is 10.1. The van der Waals surface area contributed by atoms with Gasteiger partial charge in [0.1, 0.15) is 16.4 Å². The molecular weight excluding hydrogens is 468 g/mol. The molecule has 0 radical (unpaired) electrons.